The number of benzene rings is 1. The first-order chi connectivity index (χ1) is 9.02. The molecule has 0 fully saturated rings. The minimum atomic E-state index is -0.808. The molecular weight excluding hydrogens is 291 g/mol. The summed E-state index contributed by atoms with van der Waals surface area (Å²) in [6.45, 7) is 0. The lowest BCUT2D eigenvalue weighted by atomic mass is 10.3. The Balaban J connectivity index is 2.61. The van der Waals surface area contributed by atoms with E-state index in [1.54, 1.807) is 18.2 Å². The average molecular weight is 299 g/mol. The molecule has 1 heterocycles. The van der Waals surface area contributed by atoms with E-state index in [2.05, 4.69) is 9.84 Å². The van der Waals surface area contributed by atoms with Crippen LogP contribution in [0.4, 0.5) is 0 Å². The summed E-state index contributed by atoms with van der Waals surface area (Å²) in [5, 5.41) is 4.75. The second-order valence-electron chi connectivity index (χ2n) is 3.56. The summed E-state index contributed by atoms with van der Waals surface area (Å²) in [5.41, 5.74) is -0.387. The number of rotatable bonds is 2. The predicted molar refractivity (Wildman–Crippen MR) is 71.2 cm³/mol. The van der Waals surface area contributed by atoms with E-state index in [4.69, 9.17) is 23.2 Å². The molecular formula is C12H8Cl2N2O3. The molecule has 0 saturated heterocycles. The van der Waals surface area contributed by atoms with E-state index in [1.807, 2.05) is 0 Å². The Labute approximate surface area is 118 Å². The molecule has 0 aliphatic rings. The van der Waals surface area contributed by atoms with Gasteiger partial charge in [0.2, 0.25) is 11.1 Å². The van der Waals surface area contributed by atoms with Crippen LogP contribution in [0.1, 0.15) is 10.5 Å². The van der Waals surface area contributed by atoms with Gasteiger partial charge in [-0.2, -0.15) is 5.10 Å². The molecule has 0 N–H and O–H groups in total. The molecule has 98 valence electrons. The Hall–Kier alpha value is -1.85. The SMILES string of the molecule is COC(=O)c1nn(-c2cc(Cl)ccc2Cl)ccc1=O. The summed E-state index contributed by atoms with van der Waals surface area (Å²) in [4.78, 5) is 22.9. The highest BCUT2D eigenvalue weighted by atomic mass is 35.5. The Morgan fingerprint density at radius 3 is 2.74 bits per heavy atom. The highest BCUT2D eigenvalue weighted by Crippen LogP contribution is 2.23. The summed E-state index contributed by atoms with van der Waals surface area (Å²) in [6, 6.07) is 5.99. The van der Waals surface area contributed by atoms with E-state index in [1.165, 1.54) is 24.1 Å². The van der Waals surface area contributed by atoms with Gasteiger partial charge in [0.15, 0.2) is 0 Å². The van der Waals surface area contributed by atoms with Gasteiger partial charge in [-0.25, -0.2) is 9.48 Å². The Morgan fingerprint density at radius 2 is 2.05 bits per heavy atom. The van der Waals surface area contributed by atoms with Gasteiger partial charge in [0, 0.05) is 17.3 Å². The lowest BCUT2D eigenvalue weighted by molar-refractivity contribution is 0.0590. The van der Waals surface area contributed by atoms with Crippen molar-refractivity contribution in [3.63, 3.8) is 0 Å². The molecule has 0 unspecified atom stereocenters. The second-order valence-corrected chi connectivity index (χ2v) is 4.40. The maximum absolute atomic E-state index is 11.5. The summed E-state index contributed by atoms with van der Waals surface area (Å²) in [7, 11) is 1.17. The molecule has 0 saturated carbocycles. The van der Waals surface area contributed by atoms with Crippen LogP contribution >= 0.6 is 23.2 Å². The number of halogens is 2. The fourth-order valence-electron chi connectivity index (χ4n) is 1.44. The number of carbonyl (C=O) groups excluding carboxylic acids is 1. The van der Waals surface area contributed by atoms with Gasteiger partial charge in [0.05, 0.1) is 17.8 Å². The number of aromatic nitrogens is 2. The van der Waals surface area contributed by atoms with Gasteiger partial charge in [0.25, 0.3) is 0 Å². The monoisotopic (exact) mass is 298 g/mol. The molecule has 0 bridgehead atoms. The first-order valence-corrected chi connectivity index (χ1v) is 5.92. The number of carbonyl (C=O) groups is 1. The van der Waals surface area contributed by atoms with Crippen molar-refractivity contribution in [3.8, 4) is 5.69 Å². The van der Waals surface area contributed by atoms with Crippen molar-refractivity contribution < 1.29 is 9.53 Å². The van der Waals surface area contributed by atoms with Gasteiger partial charge in [-0.15, -0.1) is 0 Å². The van der Waals surface area contributed by atoms with Crippen molar-refractivity contribution in [2.75, 3.05) is 7.11 Å². The maximum Gasteiger partial charge on any atom is 0.362 e. The van der Waals surface area contributed by atoms with Crippen LogP contribution < -0.4 is 5.43 Å². The molecule has 1 aromatic carbocycles. The van der Waals surface area contributed by atoms with E-state index in [0.717, 1.165) is 0 Å². The zero-order valence-electron chi connectivity index (χ0n) is 9.76. The van der Waals surface area contributed by atoms with E-state index < -0.39 is 11.4 Å². The van der Waals surface area contributed by atoms with Gasteiger partial charge in [-0.1, -0.05) is 23.2 Å². The largest absolute Gasteiger partial charge is 0.464 e. The van der Waals surface area contributed by atoms with Gasteiger partial charge < -0.3 is 4.74 Å². The molecule has 0 amide bonds. The normalized spacial score (nSPS) is 10.3. The van der Waals surface area contributed by atoms with Crippen molar-refractivity contribution >= 4 is 29.2 Å². The number of hydrogen-bond acceptors (Lipinski definition) is 4. The molecule has 0 spiro atoms. The fraction of sp³-hybridized carbons (Fsp3) is 0.0833. The Bertz CT molecular complexity index is 698. The minimum absolute atomic E-state index is 0.318. The van der Waals surface area contributed by atoms with Crippen molar-refractivity contribution in [3.05, 3.63) is 56.4 Å². The topological polar surface area (TPSA) is 61.2 Å². The molecule has 0 aliphatic heterocycles. The molecule has 19 heavy (non-hydrogen) atoms. The van der Waals surface area contributed by atoms with Crippen molar-refractivity contribution in [2.24, 2.45) is 0 Å². The first-order valence-electron chi connectivity index (χ1n) is 5.16. The molecule has 5 nitrogen and oxygen atoms in total. The molecule has 1 aromatic heterocycles. The average Bonchev–Trinajstić information content (AvgIpc) is 2.41. The highest BCUT2D eigenvalue weighted by molar-refractivity contribution is 6.34. The van der Waals surface area contributed by atoms with Crippen LogP contribution in [-0.2, 0) is 4.74 Å². The third-order valence-electron chi connectivity index (χ3n) is 2.34. The summed E-state index contributed by atoms with van der Waals surface area (Å²) in [5.74, 6) is -0.808. The first kappa shape index (κ1) is 13.6. The lowest BCUT2D eigenvalue weighted by Crippen LogP contribution is -2.21. The van der Waals surface area contributed by atoms with Crippen LogP contribution in [0.15, 0.2) is 35.3 Å². The number of hydrogen-bond donors (Lipinski definition) is 0. The molecule has 2 aromatic rings. The number of ether oxygens (including phenoxy) is 1. The van der Waals surface area contributed by atoms with Crippen LogP contribution in [0, 0.1) is 0 Å². The summed E-state index contributed by atoms with van der Waals surface area (Å²) in [6.07, 6.45) is 1.40. The predicted octanol–water partition coefficient (Wildman–Crippen LogP) is 2.33. The maximum atomic E-state index is 11.5. The van der Waals surface area contributed by atoms with Crippen LogP contribution in [0.5, 0.6) is 0 Å². The van der Waals surface area contributed by atoms with Crippen LogP contribution in [-0.4, -0.2) is 22.9 Å². The van der Waals surface area contributed by atoms with E-state index in [9.17, 15) is 9.59 Å². The zero-order chi connectivity index (χ0) is 14.0. The minimum Gasteiger partial charge on any atom is -0.464 e. The molecule has 0 atom stereocenters. The van der Waals surface area contributed by atoms with Crippen LogP contribution in [0.25, 0.3) is 5.69 Å². The zero-order valence-corrected chi connectivity index (χ0v) is 11.3. The second kappa shape index (κ2) is 5.42. The van der Waals surface area contributed by atoms with Gasteiger partial charge >= 0.3 is 5.97 Å². The fourth-order valence-corrected chi connectivity index (χ4v) is 1.81. The van der Waals surface area contributed by atoms with Crippen molar-refractivity contribution in [1.29, 1.82) is 0 Å². The van der Waals surface area contributed by atoms with Gasteiger partial charge in [-0.05, 0) is 18.2 Å². The molecule has 7 heteroatoms. The summed E-state index contributed by atoms with van der Waals surface area (Å²) < 4.78 is 5.78. The van der Waals surface area contributed by atoms with Crippen LogP contribution in [0.2, 0.25) is 10.0 Å². The van der Waals surface area contributed by atoms with E-state index in [-0.39, 0.29) is 5.69 Å². The number of nitrogens with zero attached hydrogens (tertiary/aromatic N) is 2. The van der Waals surface area contributed by atoms with Crippen LogP contribution in [0.3, 0.4) is 0 Å². The number of methoxy groups -OCH3 is 1. The standard InChI is InChI=1S/C12H8Cl2N2O3/c1-19-12(18)11-10(17)4-5-16(15-11)9-6-7(13)2-3-8(9)14/h2-6H,1H3. The van der Waals surface area contributed by atoms with Gasteiger partial charge in [0.1, 0.15) is 0 Å². The molecule has 0 radical (unpaired) electrons. The van der Waals surface area contributed by atoms with Crippen molar-refractivity contribution in [2.45, 2.75) is 0 Å². The molecule has 0 aliphatic carbocycles. The van der Waals surface area contributed by atoms with Crippen molar-refractivity contribution in [1.82, 2.24) is 9.78 Å². The number of esters is 1. The third-order valence-corrected chi connectivity index (χ3v) is 2.90. The third kappa shape index (κ3) is 2.77. The smallest absolute Gasteiger partial charge is 0.362 e. The van der Waals surface area contributed by atoms with Gasteiger partial charge in [-0.3, -0.25) is 4.79 Å². The summed E-state index contributed by atoms with van der Waals surface area (Å²) >= 11 is 11.9. The lowest BCUT2D eigenvalue weighted by Gasteiger charge is -2.08. The Morgan fingerprint density at radius 1 is 1.32 bits per heavy atom. The Kier molecular flexibility index (Phi) is 3.87. The van der Waals surface area contributed by atoms with E-state index >= 15 is 0 Å². The highest BCUT2D eigenvalue weighted by Gasteiger charge is 2.14. The quantitative estimate of drug-likeness (QED) is 0.798. The molecule has 2 rings (SSSR count). The van der Waals surface area contributed by atoms with E-state index in [0.29, 0.717) is 15.7 Å².